The second-order valence-corrected chi connectivity index (χ2v) is 9.49. The number of rotatable bonds is 8. The third kappa shape index (κ3) is 5.63. The van der Waals surface area contributed by atoms with Gasteiger partial charge in [0.1, 0.15) is 0 Å². The summed E-state index contributed by atoms with van der Waals surface area (Å²) in [6.07, 6.45) is 8.78. The lowest BCUT2D eigenvalue weighted by Gasteiger charge is -2.46. The fourth-order valence-electron chi connectivity index (χ4n) is 5.56. The molecule has 5 heteroatoms. The number of carbonyl (C=O) groups excluding carboxylic acids is 2. The van der Waals surface area contributed by atoms with Gasteiger partial charge >= 0.3 is 0 Å². The predicted molar refractivity (Wildman–Crippen MR) is 119 cm³/mol. The Kier molecular flexibility index (Phi) is 7.42. The Hall–Kier alpha value is -1.88. The van der Waals surface area contributed by atoms with E-state index >= 15 is 0 Å². The van der Waals surface area contributed by atoms with Crippen LogP contribution in [0.4, 0.5) is 0 Å². The molecule has 0 saturated carbocycles. The first-order chi connectivity index (χ1) is 14.7. The fraction of sp³-hybridized carbons (Fsp3) is 0.680. The number of fused-ring (bicyclic) bond motifs is 2. The molecule has 164 valence electrons. The van der Waals surface area contributed by atoms with E-state index in [1.54, 1.807) is 0 Å². The molecule has 3 fully saturated rings. The van der Waals surface area contributed by atoms with Crippen molar-refractivity contribution in [3.05, 3.63) is 35.9 Å². The third-order valence-electron chi connectivity index (χ3n) is 7.22. The van der Waals surface area contributed by atoms with Crippen LogP contribution in [0.15, 0.2) is 30.3 Å². The van der Waals surface area contributed by atoms with Crippen molar-refractivity contribution in [1.29, 1.82) is 0 Å². The number of piperidine rings is 2. The molecule has 0 aliphatic carbocycles. The van der Waals surface area contributed by atoms with Gasteiger partial charge < -0.3 is 15.1 Å². The van der Waals surface area contributed by atoms with Gasteiger partial charge in [-0.1, -0.05) is 30.3 Å². The summed E-state index contributed by atoms with van der Waals surface area (Å²) in [4.78, 5) is 29.3. The first-order valence-electron chi connectivity index (χ1n) is 12.0. The van der Waals surface area contributed by atoms with Crippen molar-refractivity contribution in [3.8, 4) is 0 Å². The Labute approximate surface area is 181 Å². The van der Waals surface area contributed by atoms with Gasteiger partial charge in [0.15, 0.2) is 0 Å². The number of nitrogens with one attached hydrogen (secondary N) is 1. The van der Waals surface area contributed by atoms with Gasteiger partial charge in [0, 0.05) is 45.1 Å². The van der Waals surface area contributed by atoms with Crippen LogP contribution < -0.4 is 5.32 Å². The quantitative estimate of drug-likeness (QED) is 0.715. The maximum Gasteiger partial charge on any atom is 0.222 e. The summed E-state index contributed by atoms with van der Waals surface area (Å²) < 4.78 is 0. The maximum atomic E-state index is 12.8. The van der Waals surface area contributed by atoms with Crippen molar-refractivity contribution in [1.82, 2.24) is 15.1 Å². The van der Waals surface area contributed by atoms with E-state index in [4.69, 9.17) is 0 Å². The zero-order valence-corrected chi connectivity index (χ0v) is 18.2. The van der Waals surface area contributed by atoms with E-state index in [1.165, 1.54) is 12.0 Å². The maximum absolute atomic E-state index is 12.8. The molecule has 2 amide bonds. The Balaban J connectivity index is 1.20. The van der Waals surface area contributed by atoms with E-state index in [9.17, 15) is 9.59 Å². The first-order valence-corrected chi connectivity index (χ1v) is 12.0. The molecule has 1 N–H and O–H groups in total. The average molecular weight is 412 g/mol. The van der Waals surface area contributed by atoms with Crippen molar-refractivity contribution >= 4 is 11.8 Å². The third-order valence-corrected chi connectivity index (χ3v) is 7.22. The standard InChI is InChI=1S/C25H37N3O2/c29-24(27-14-4-5-15-27)13-7-11-23-22-16-21(17-26-23)18-28(19-22)25(30)12-6-10-20-8-2-1-3-9-20/h1-3,8-9,21-23,26H,4-7,10-19H2/t21-,22+,23+/m0/s1. The number of carbonyl (C=O) groups is 2. The van der Waals surface area contributed by atoms with Crippen molar-refractivity contribution in [2.24, 2.45) is 11.8 Å². The fourth-order valence-corrected chi connectivity index (χ4v) is 5.56. The van der Waals surface area contributed by atoms with E-state index < -0.39 is 0 Å². The number of nitrogens with zero attached hydrogens (tertiary/aromatic N) is 2. The number of hydrogen-bond acceptors (Lipinski definition) is 3. The minimum absolute atomic E-state index is 0.325. The molecular formula is C25H37N3O2. The van der Waals surface area contributed by atoms with Crippen LogP contribution in [-0.2, 0) is 16.0 Å². The van der Waals surface area contributed by atoms with Crippen molar-refractivity contribution in [2.75, 3.05) is 32.7 Å². The Morgan fingerprint density at radius 1 is 0.933 bits per heavy atom. The topological polar surface area (TPSA) is 52.7 Å². The van der Waals surface area contributed by atoms with Crippen LogP contribution in [0.5, 0.6) is 0 Å². The molecule has 30 heavy (non-hydrogen) atoms. The molecule has 4 rings (SSSR count). The molecule has 5 nitrogen and oxygen atoms in total. The highest BCUT2D eigenvalue weighted by Crippen LogP contribution is 2.31. The van der Waals surface area contributed by atoms with E-state index in [2.05, 4.69) is 34.5 Å². The highest BCUT2D eigenvalue weighted by atomic mass is 16.2. The van der Waals surface area contributed by atoms with Gasteiger partial charge in [-0.05, 0) is 68.9 Å². The van der Waals surface area contributed by atoms with Gasteiger partial charge in [-0.25, -0.2) is 0 Å². The number of benzene rings is 1. The summed E-state index contributed by atoms with van der Waals surface area (Å²) in [5, 5.41) is 3.73. The van der Waals surface area contributed by atoms with Crippen LogP contribution in [0.2, 0.25) is 0 Å². The second kappa shape index (κ2) is 10.4. The molecule has 0 radical (unpaired) electrons. The van der Waals surface area contributed by atoms with E-state index in [0.717, 1.165) is 71.2 Å². The normalized spacial score (nSPS) is 26.1. The Morgan fingerprint density at radius 2 is 1.67 bits per heavy atom. The van der Waals surface area contributed by atoms with Crippen LogP contribution in [-0.4, -0.2) is 60.4 Å². The largest absolute Gasteiger partial charge is 0.343 e. The van der Waals surface area contributed by atoms with E-state index in [0.29, 0.717) is 42.5 Å². The SMILES string of the molecule is O=C(CCC[C@H]1NC[C@@H]2C[C@@H]1CN(C(=O)CCCc1ccccc1)C2)N1CCCC1. The lowest BCUT2D eigenvalue weighted by Crippen LogP contribution is -2.57. The Bertz CT molecular complexity index is 702. The summed E-state index contributed by atoms with van der Waals surface area (Å²) in [5.74, 6) is 1.78. The first kappa shape index (κ1) is 21.4. The molecule has 1 aromatic carbocycles. The number of amides is 2. The summed E-state index contributed by atoms with van der Waals surface area (Å²) in [6, 6.07) is 10.9. The Morgan fingerprint density at radius 3 is 2.47 bits per heavy atom. The smallest absolute Gasteiger partial charge is 0.222 e. The van der Waals surface area contributed by atoms with Gasteiger partial charge in [-0.15, -0.1) is 0 Å². The summed E-state index contributed by atoms with van der Waals surface area (Å²) in [5.41, 5.74) is 1.31. The number of hydrogen-bond donors (Lipinski definition) is 1. The molecule has 3 heterocycles. The lowest BCUT2D eigenvalue weighted by molar-refractivity contribution is -0.135. The average Bonchev–Trinajstić information content (AvgIpc) is 3.31. The highest BCUT2D eigenvalue weighted by molar-refractivity contribution is 5.76. The number of aryl methyl sites for hydroxylation is 1. The van der Waals surface area contributed by atoms with Crippen LogP contribution in [0, 0.1) is 11.8 Å². The van der Waals surface area contributed by atoms with Gasteiger partial charge in [-0.2, -0.15) is 0 Å². The van der Waals surface area contributed by atoms with Crippen molar-refractivity contribution in [3.63, 3.8) is 0 Å². The molecule has 3 saturated heterocycles. The van der Waals surface area contributed by atoms with Crippen molar-refractivity contribution in [2.45, 2.75) is 63.8 Å². The van der Waals surface area contributed by atoms with E-state index in [-0.39, 0.29) is 0 Å². The van der Waals surface area contributed by atoms with Gasteiger partial charge in [0.25, 0.3) is 0 Å². The van der Waals surface area contributed by atoms with Gasteiger partial charge in [-0.3, -0.25) is 9.59 Å². The minimum Gasteiger partial charge on any atom is -0.343 e. The van der Waals surface area contributed by atoms with Crippen LogP contribution in [0.3, 0.4) is 0 Å². The van der Waals surface area contributed by atoms with Crippen LogP contribution >= 0.6 is 0 Å². The summed E-state index contributed by atoms with van der Waals surface area (Å²) in [7, 11) is 0. The highest BCUT2D eigenvalue weighted by Gasteiger charge is 2.37. The molecular weight excluding hydrogens is 374 g/mol. The molecule has 1 aromatic rings. The molecule has 0 spiro atoms. The van der Waals surface area contributed by atoms with E-state index in [1.807, 2.05) is 11.0 Å². The van der Waals surface area contributed by atoms with Crippen molar-refractivity contribution < 1.29 is 9.59 Å². The van der Waals surface area contributed by atoms with Crippen LogP contribution in [0.25, 0.3) is 0 Å². The molecule has 0 unspecified atom stereocenters. The summed E-state index contributed by atoms with van der Waals surface area (Å²) >= 11 is 0. The second-order valence-electron chi connectivity index (χ2n) is 9.49. The van der Waals surface area contributed by atoms with Gasteiger partial charge in [0.05, 0.1) is 0 Å². The molecule has 2 bridgehead atoms. The lowest BCUT2D eigenvalue weighted by atomic mass is 9.79. The minimum atomic E-state index is 0.325. The zero-order valence-electron chi connectivity index (χ0n) is 18.2. The van der Waals surface area contributed by atoms with Crippen LogP contribution in [0.1, 0.15) is 56.9 Å². The molecule has 3 aliphatic rings. The monoisotopic (exact) mass is 411 g/mol. The molecule has 3 atom stereocenters. The van der Waals surface area contributed by atoms with Gasteiger partial charge in [0.2, 0.25) is 11.8 Å². The number of likely N-dealkylation sites (tertiary alicyclic amines) is 2. The molecule has 3 aliphatic heterocycles. The predicted octanol–water partition coefficient (Wildman–Crippen LogP) is 3.24. The summed E-state index contributed by atoms with van der Waals surface area (Å²) in [6.45, 7) is 4.71. The molecule has 0 aromatic heterocycles. The zero-order chi connectivity index (χ0) is 20.8.